The molecule has 0 radical (unpaired) electrons. The van der Waals surface area contributed by atoms with Gasteiger partial charge in [-0.25, -0.2) is 0 Å². The molecule has 0 aromatic heterocycles. The van der Waals surface area contributed by atoms with Crippen LogP contribution >= 0.6 is 0 Å². The van der Waals surface area contributed by atoms with Gasteiger partial charge in [-0.05, 0) is 24.2 Å². The zero-order valence-electron chi connectivity index (χ0n) is 8.24. The van der Waals surface area contributed by atoms with Gasteiger partial charge in [0.1, 0.15) is 0 Å². The van der Waals surface area contributed by atoms with E-state index in [0.29, 0.717) is 17.3 Å². The average molecular weight is 181 g/mol. The molecule has 0 amide bonds. The fourth-order valence-corrected chi connectivity index (χ4v) is 3.45. The molecule has 3 aliphatic rings. The Morgan fingerprint density at radius 2 is 2.23 bits per heavy atom. The minimum absolute atomic E-state index is 0.160. The largest absolute Gasteiger partial charge is 0.360 e. The number of aliphatic hydroxyl groups is 1. The van der Waals surface area contributed by atoms with E-state index in [4.69, 9.17) is 4.84 Å². The summed E-state index contributed by atoms with van der Waals surface area (Å²) in [6, 6.07) is 0. The SMILES string of the molecule is CC1=NO[C@]2(O)C[C@@H]3[C@H]([C@H]12)C3(C)C. The van der Waals surface area contributed by atoms with Gasteiger partial charge < -0.3 is 9.94 Å². The lowest BCUT2D eigenvalue weighted by Gasteiger charge is -2.26. The molecule has 2 saturated carbocycles. The van der Waals surface area contributed by atoms with Gasteiger partial charge in [0.2, 0.25) is 5.79 Å². The van der Waals surface area contributed by atoms with Crippen LogP contribution in [-0.2, 0) is 4.84 Å². The summed E-state index contributed by atoms with van der Waals surface area (Å²) in [6.45, 7) is 6.50. The minimum atomic E-state index is -0.949. The van der Waals surface area contributed by atoms with Crippen LogP contribution in [0.4, 0.5) is 0 Å². The first-order chi connectivity index (χ1) is 5.97. The molecule has 0 spiro atoms. The van der Waals surface area contributed by atoms with E-state index in [0.717, 1.165) is 12.1 Å². The van der Waals surface area contributed by atoms with Gasteiger partial charge in [-0.15, -0.1) is 0 Å². The molecular formula is C10H15NO2. The van der Waals surface area contributed by atoms with E-state index in [1.807, 2.05) is 6.92 Å². The van der Waals surface area contributed by atoms with Gasteiger partial charge in [-0.3, -0.25) is 0 Å². The predicted molar refractivity (Wildman–Crippen MR) is 48.0 cm³/mol. The predicted octanol–water partition coefficient (Wildman–Crippen LogP) is 1.37. The summed E-state index contributed by atoms with van der Waals surface area (Å²) in [5.74, 6) is 0.429. The van der Waals surface area contributed by atoms with Crippen LogP contribution < -0.4 is 0 Å². The van der Waals surface area contributed by atoms with Crippen LogP contribution in [0.1, 0.15) is 27.2 Å². The fourth-order valence-electron chi connectivity index (χ4n) is 3.45. The zero-order valence-corrected chi connectivity index (χ0v) is 8.24. The highest BCUT2D eigenvalue weighted by Crippen LogP contribution is 2.72. The van der Waals surface area contributed by atoms with E-state index in [1.165, 1.54) is 0 Å². The van der Waals surface area contributed by atoms with E-state index in [-0.39, 0.29) is 5.92 Å². The first-order valence-corrected chi connectivity index (χ1v) is 4.92. The third kappa shape index (κ3) is 0.688. The smallest absolute Gasteiger partial charge is 0.243 e. The zero-order chi connectivity index (χ0) is 9.43. The maximum Gasteiger partial charge on any atom is 0.243 e. The van der Waals surface area contributed by atoms with E-state index in [1.54, 1.807) is 0 Å². The quantitative estimate of drug-likeness (QED) is 0.613. The molecule has 3 heteroatoms. The van der Waals surface area contributed by atoms with Crippen LogP contribution in [0.25, 0.3) is 0 Å². The summed E-state index contributed by atoms with van der Waals surface area (Å²) < 4.78 is 0. The number of nitrogens with zero attached hydrogens (tertiary/aromatic N) is 1. The van der Waals surface area contributed by atoms with Gasteiger partial charge in [0.15, 0.2) is 0 Å². The number of fused-ring (bicyclic) bond motifs is 3. The van der Waals surface area contributed by atoms with Crippen molar-refractivity contribution in [2.75, 3.05) is 0 Å². The molecule has 0 aromatic rings. The van der Waals surface area contributed by atoms with Crippen LogP contribution in [0.5, 0.6) is 0 Å². The summed E-state index contributed by atoms with van der Waals surface area (Å²) in [6.07, 6.45) is 0.760. The van der Waals surface area contributed by atoms with Crippen LogP contribution in [0.15, 0.2) is 5.16 Å². The van der Waals surface area contributed by atoms with Crippen LogP contribution in [0.2, 0.25) is 0 Å². The molecular weight excluding hydrogens is 166 g/mol. The molecule has 2 fully saturated rings. The topological polar surface area (TPSA) is 41.8 Å². The van der Waals surface area contributed by atoms with Gasteiger partial charge in [0, 0.05) is 6.42 Å². The first-order valence-electron chi connectivity index (χ1n) is 4.92. The molecule has 1 aliphatic heterocycles. The Balaban J connectivity index is 1.98. The van der Waals surface area contributed by atoms with Crippen molar-refractivity contribution in [3.63, 3.8) is 0 Å². The van der Waals surface area contributed by atoms with Crippen molar-refractivity contribution in [3.8, 4) is 0 Å². The average Bonchev–Trinajstić information content (AvgIpc) is 2.44. The van der Waals surface area contributed by atoms with Crippen LogP contribution in [0.3, 0.4) is 0 Å². The van der Waals surface area contributed by atoms with Crippen molar-refractivity contribution in [1.29, 1.82) is 0 Å². The van der Waals surface area contributed by atoms with Crippen molar-refractivity contribution in [2.24, 2.45) is 28.3 Å². The molecule has 0 saturated heterocycles. The molecule has 3 nitrogen and oxygen atoms in total. The maximum atomic E-state index is 10.1. The van der Waals surface area contributed by atoms with Crippen molar-refractivity contribution >= 4 is 5.71 Å². The molecule has 72 valence electrons. The highest BCUT2D eigenvalue weighted by molar-refractivity contribution is 5.87. The summed E-state index contributed by atoms with van der Waals surface area (Å²) in [5, 5.41) is 14.0. The third-order valence-corrected chi connectivity index (χ3v) is 4.29. The Kier molecular flexibility index (Phi) is 1.07. The van der Waals surface area contributed by atoms with Gasteiger partial charge in [-0.1, -0.05) is 19.0 Å². The molecule has 0 aromatic carbocycles. The van der Waals surface area contributed by atoms with Crippen molar-refractivity contribution < 1.29 is 9.94 Å². The number of oxime groups is 1. The van der Waals surface area contributed by atoms with Crippen molar-refractivity contribution in [2.45, 2.75) is 33.0 Å². The first kappa shape index (κ1) is 7.80. The molecule has 2 aliphatic carbocycles. The normalized spacial score (nSPS) is 55.1. The second-order valence-corrected chi connectivity index (χ2v) is 5.30. The second kappa shape index (κ2) is 1.78. The summed E-state index contributed by atoms with van der Waals surface area (Å²) in [7, 11) is 0. The van der Waals surface area contributed by atoms with E-state index in [2.05, 4.69) is 19.0 Å². The van der Waals surface area contributed by atoms with Gasteiger partial charge in [0.05, 0.1) is 11.6 Å². The summed E-state index contributed by atoms with van der Waals surface area (Å²) in [5.41, 5.74) is 1.36. The van der Waals surface area contributed by atoms with Gasteiger partial charge in [-0.2, -0.15) is 0 Å². The second-order valence-electron chi connectivity index (χ2n) is 5.30. The number of hydrogen-bond acceptors (Lipinski definition) is 3. The lowest BCUT2D eigenvalue weighted by molar-refractivity contribution is -0.208. The summed E-state index contributed by atoms with van der Waals surface area (Å²) in [4.78, 5) is 5.11. The highest BCUT2D eigenvalue weighted by atomic mass is 16.7. The third-order valence-electron chi connectivity index (χ3n) is 4.29. The monoisotopic (exact) mass is 181 g/mol. The van der Waals surface area contributed by atoms with E-state index >= 15 is 0 Å². The lowest BCUT2D eigenvalue weighted by Crippen LogP contribution is -2.38. The van der Waals surface area contributed by atoms with Crippen molar-refractivity contribution in [3.05, 3.63) is 0 Å². The Hall–Kier alpha value is -0.570. The molecule has 4 atom stereocenters. The van der Waals surface area contributed by atoms with Crippen molar-refractivity contribution in [1.82, 2.24) is 0 Å². The lowest BCUT2D eigenvalue weighted by atomic mass is 9.86. The molecule has 1 N–H and O–H groups in total. The minimum Gasteiger partial charge on any atom is -0.360 e. The fraction of sp³-hybridized carbons (Fsp3) is 0.900. The Morgan fingerprint density at radius 3 is 2.92 bits per heavy atom. The number of rotatable bonds is 0. The Labute approximate surface area is 77.8 Å². The standard InChI is InChI=1S/C10H15NO2/c1-5-7-8-6(9(8,2)3)4-10(7,12)13-11-5/h6-8,12H,4H2,1-3H3/t6-,7+,8-,10-/m1/s1. The highest BCUT2D eigenvalue weighted by Gasteiger charge is 2.75. The molecule has 3 rings (SSSR count). The molecule has 13 heavy (non-hydrogen) atoms. The van der Waals surface area contributed by atoms with E-state index in [9.17, 15) is 5.11 Å². The number of hydrogen-bond donors (Lipinski definition) is 1. The van der Waals surface area contributed by atoms with Crippen LogP contribution in [-0.4, -0.2) is 16.6 Å². The van der Waals surface area contributed by atoms with E-state index < -0.39 is 5.79 Å². The molecule has 0 bridgehead atoms. The summed E-state index contributed by atoms with van der Waals surface area (Å²) >= 11 is 0. The molecule has 0 unspecified atom stereocenters. The molecule has 1 heterocycles. The van der Waals surface area contributed by atoms with Crippen LogP contribution in [0, 0.1) is 23.2 Å². The maximum absolute atomic E-state index is 10.1. The van der Waals surface area contributed by atoms with Gasteiger partial charge >= 0.3 is 0 Å². The van der Waals surface area contributed by atoms with Gasteiger partial charge in [0.25, 0.3) is 0 Å². The Morgan fingerprint density at radius 1 is 1.54 bits per heavy atom. The Bertz CT molecular complexity index is 310.